The molecule has 0 radical (unpaired) electrons. The van der Waals surface area contributed by atoms with Crippen LogP contribution in [0.15, 0.2) is 36.5 Å². The highest BCUT2D eigenvalue weighted by Crippen LogP contribution is 1.89. The van der Waals surface area contributed by atoms with Crippen molar-refractivity contribution >= 4 is 5.97 Å². The topological polar surface area (TPSA) is 26.3 Å². The molecule has 0 unspecified atom stereocenters. The van der Waals surface area contributed by atoms with E-state index in [0.29, 0.717) is 0 Å². The van der Waals surface area contributed by atoms with Crippen LogP contribution in [0.4, 0.5) is 0 Å². The Kier molecular flexibility index (Phi) is 5.70. The maximum absolute atomic E-state index is 10.8. The van der Waals surface area contributed by atoms with Crippen LogP contribution in [-0.4, -0.2) is 12.6 Å². The molecule has 2 heteroatoms. The molecule has 0 saturated heterocycles. The Balaban J connectivity index is 3.76. The third-order valence-electron chi connectivity index (χ3n) is 1.01. The van der Waals surface area contributed by atoms with Gasteiger partial charge in [-0.25, -0.2) is 4.79 Å². The summed E-state index contributed by atoms with van der Waals surface area (Å²) in [5.74, 6) is -0.340. The second kappa shape index (κ2) is 6.40. The molecular weight excluding hydrogens is 152 g/mol. The lowest BCUT2D eigenvalue weighted by atomic mass is 10.3. The predicted molar refractivity (Wildman–Crippen MR) is 49.7 cm³/mol. The fourth-order valence-electron chi connectivity index (χ4n) is 0.508. The molecule has 0 aliphatic heterocycles. The summed E-state index contributed by atoms with van der Waals surface area (Å²) < 4.78 is 4.70. The summed E-state index contributed by atoms with van der Waals surface area (Å²) in [4.78, 5) is 10.8. The van der Waals surface area contributed by atoms with Crippen LogP contribution in [0.1, 0.15) is 13.8 Å². The van der Waals surface area contributed by atoms with Gasteiger partial charge in [-0.3, -0.25) is 0 Å². The number of allylic oxidation sites excluding steroid dienone is 3. The zero-order valence-electron chi connectivity index (χ0n) is 7.54. The minimum Gasteiger partial charge on any atom is -0.458 e. The molecule has 0 fully saturated rings. The van der Waals surface area contributed by atoms with Crippen molar-refractivity contribution in [1.29, 1.82) is 0 Å². The van der Waals surface area contributed by atoms with Crippen LogP contribution < -0.4 is 0 Å². The second-order valence-corrected chi connectivity index (χ2v) is 2.52. The molecule has 0 aromatic rings. The van der Waals surface area contributed by atoms with E-state index in [1.807, 2.05) is 19.9 Å². The Hall–Kier alpha value is -1.31. The van der Waals surface area contributed by atoms with Crippen molar-refractivity contribution in [1.82, 2.24) is 0 Å². The summed E-state index contributed by atoms with van der Waals surface area (Å²) in [6.45, 7) is 7.61. The largest absolute Gasteiger partial charge is 0.458 e. The van der Waals surface area contributed by atoms with Gasteiger partial charge in [-0.15, -0.1) is 0 Å². The van der Waals surface area contributed by atoms with E-state index in [2.05, 4.69) is 6.58 Å². The molecule has 0 saturated carbocycles. The highest BCUT2D eigenvalue weighted by molar-refractivity contribution is 5.82. The van der Waals surface area contributed by atoms with Crippen molar-refractivity contribution in [3.05, 3.63) is 36.5 Å². The van der Waals surface area contributed by atoms with E-state index in [0.717, 1.165) is 5.57 Å². The Morgan fingerprint density at radius 2 is 2.17 bits per heavy atom. The Bertz CT molecular complexity index is 208. The molecule has 0 amide bonds. The number of carbonyl (C=O) groups excluding carboxylic acids is 1. The van der Waals surface area contributed by atoms with Crippen LogP contribution in [0, 0.1) is 0 Å². The van der Waals surface area contributed by atoms with Crippen molar-refractivity contribution in [3.63, 3.8) is 0 Å². The molecule has 0 spiro atoms. The number of esters is 1. The van der Waals surface area contributed by atoms with Gasteiger partial charge in [-0.05, 0) is 13.8 Å². The molecule has 0 rings (SSSR count). The maximum atomic E-state index is 10.8. The molecule has 0 aliphatic rings. The summed E-state index contributed by atoms with van der Waals surface area (Å²) in [7, 11) is 0. The predicted octanol–water partition coefficient (Wildman–Crippen LogP) is 2.24. The molecule has 0 aliphatic carbocycles. The first-order chi connectivity index (χ1) is 5.66. The van der Waals surface area contributed by atoms with Crippen molar-refractivity contribution in [2.45, 2.75) is 13.8 Å². The summed E-state index contributed by atoms with van der Waals surface area (Å²) in [5.41, 5.74) is 1.14. The van der Waals surface area contributed by atoms with Gasteiger partial charge in [0.1, 0.15) is 6.61 Å². The molecule has 0 heterocycles. The monoisotopic (exact) mass is 166 g/mol. The number of hydrogen-bond acceptors (Lipinski definition) is 2. The summed E-state index contributed by atoms with van der Waals surface area (Å²) in [6, 6.07) is 0. The first-order valence-electron chi connectivity index (χ1n) is 3.76. The Morgan fingerprint density at radius 3 is 2.67 bits per heavy atom. The van der Waals surface area contributed by atoms with Gasteiger partial charge in [-0.2, -0.15) is 0 Å². The first-order valence-corrected chi connectivity index (χ1v) is 3.76. The van der Waals surface area contributed by atoms with Gasteiger partial charge in [0.2, 0.25) is 0 Å². The van der Waals surface area contributed by atoms with Crippen LogP contribution >= 0.6 is 0 Å². The van der Waals surface area contributed by atoms with E-state index in [4.69, 9.17) is 4.74 Å². The van der Waals surface area contributed by atoms with Crippen LogP contribution in [0.2, 0.25) is 0 Å². The number of carbonyl (C=O) groups is 1. The standard InChI is InChI=1S/C10H14O2/c1-4-8-12-10(11)7-5-6-9(2)3/h4-7H,1,8H2,2-3H3. The third kappa shape index (κ3) is 6.81. The fourth-order valence-corrected chi connectivity index (χ4v) is 0.508. The molecule has 0 atom stereocenters. The number of ether oxygens (including phenoxy) is 1. The first kappa shape index (κ1) is 10.7. The van der Waals surface area contributed by atoms with Crippen molar-refractivity contribution in [2.24, 2.45) is 0 Å². The zero-order valence-corrected chi connectivity index (χ0v) is 7.54. The Morgan fingerprint density at radius 1 is 1.50 bits per heavy atom. The molecule has 66 valence electrons. The van der Waals surface area contributed by atoms with Crippen LogP contribution in [0.25, 0.3) is 0 Å². The highest BCUT2D eigenvalue weighted by Gasteiger charge is 1.90. The minimum absolute atomic E-state index is 0.262. The molecule has 0 N–H and O–H groups in total. The lowest BCUT2D eigenvalue weighted by Crippen LogP contribution is -1.99. The average Bonchev–Trinajstić information content (AvgIpc) is 2.00. The molecule has 0 aromatic carbocycles. The average molecular weight is 166 g/mol. The fraction of sp³-hybridized carbons (Fsp3) is 0.300. The lowest BCUT2D eigenvalue weighted by Gasteiger charge is -1.93. The van der Waals surface area contributed by atoms with Gasteiger partial charge >= 0.3 is 5.97 Å². The van der Waals surface area contributed by atoms with Crippen LogP contribution in [-0.2, 0) is 9.53 Å². The second-order valence-electron chi connectivity index (χ2n) is 2.52. The normalized spacial score (nSPS) is 9.50. The quantitative estimate of drug-likeness (QED) is 0.277. The molecular formula is C10H14O2. The van der Waals surface area contributed by atoms with Gasteiger partial charge in [0.15, 0.2) is 0 Å². The number of hydrogen-bond donors (Lipinski definition) is 0. The smallest absolute Gasteiger partial charge is 0.331 e. The van der Waals surface area contributed by atoms with Gasteiger partial charge in [0.25, 0.3) is 0 Å². The summed E-state index contributed by atoms with van der Waals surface area (Å²) >= 11 is 0. The minimum atomic E-state index is -0.340. The van der Waals surface area contributed by atoms with Gasteiger partial charge < -0.3 is 4.74 Å². The maximum Gasteiger partial charge on any atom is 0.331 e. The summed E-state index contributed by atoms with van der Waals surface area (Å²) in [5, 5.41) is 0. The van der Waals surface area contributed by atoms with Crippen molar-refractivity contribution < 1.29 is 9.53 Å². The Labute approximate surface area is 73.2 Å². The molecule has 12 heavy (non-hydrogen) atoms. The van der Waals surface area contributed by atoms with Crippen molar-refractivity contribution in [3.8, 4) is 0 Å². The van der Waals surface area contributed by atoms with Gasteiger partial charge in [0, 0.05) is 6.08 Å². The third-order valence-corrected chi connectivity index (χ3v) is 1.01. The molecule has 0 bridgehead atoms. The van der Waals surface area contributed by atoms with E-state index in [1.165, 1.54) is 12.2 Å². The van der Waals surface area contributed by atoms with Gasteiger partial charge in [0.05, 0.1) is 0 Å². The lowest BCUT2D eigenvalue weighted by molar-refractivity contribution is -0.136. The van der Waals surface area contributed by atoms with E-state index in [1.54, 1.807) is 6.08 Å². The molecule has 2 nitrogen and oxygen atoms in total. The summed E-state index contributed by atoms with van der Waals surface area (Å²) in [6.07, 6.45) is 6.43. The van der Waals surface area contributed by atoms with E-state index in [-0.39, 0.29) is 12.6 Å². The van der Waals surface area contributed by atoms with Gasteiger partial charge in [-0.1, -0.05) is 30.4 Å². The van der Waals surface area contributed by atoms with Crippen molar-refractivity contribution in [2.75, 3.05) is 6.61 Å². The highest BCUT2D eigenvalue weighted by atomic mass is 16.5. The van der Waals surface area contributed by atoms with E-state index >= 15 is 0 Å². The van der Waals surface area contributed by atoms with E-state index in [9.17, 15) is 4.79 Å². The molecule has 0 aromatic heterocycles. The SMILES string of the molecule is C=CCOC(=O)C=CC=C(C)C. The van der Waals surface area contributed by atoms with E-state index < -0.39 is 0 Å². The number of rotatable bonds is 4. The van der Waals surface area contributed by atoms with Crippen LogP contribution in [0.5, 0.6) is 0 Å². The zero-order chi connectivity index (χ0) is 9.40. The van der Waals surface area contributed by atoms with Crippen LogP contribution in [0.3, 0.4) is 0 Å².